The summed E-state index contributed by atoms with van der Waals surface area (Å²) in [6.07, 6.45) is -4.68. The number of carbonyl (C=O) groups excluding carboxylic acids is 3. The second-order valence-electron chi connectivity index (χ2n) is 11.7. The summed E-state index contributed by atoms with van der Waals surface area (Å²) in [7, 11) is 3.94. The van der Waals surface area contributed by atoms with Gasteiger partial charge in [0.25, 0.3) is 5.91 Å². The van der Waals surface area contributed by atoms with Gasteiger partial charge in [-0.1, -0.05) is 11.6 Å². The summed E-state index contributed by atoms with van der Waals surface area (Å²) in [5, 5.41) is 6.51. The Morgan fingerprint density at radius 1 is 1.11 bits per heavy atom. The third kappa shape index (κ3) is 7.02. The summed E-state index contributed by atoms with van der Waals surface area (Å²) in [4.78, 5) is 46.7. The lowest BCUT2D eigenvalue weighted by molar-refractivity contribution is -0.142. The van der Waals surface area contributed by atoms with Gasteiger partial charge in [0.05, 0.1) is 28.5 Å². The molecule has 0 radical (unpaired) electrons. The van der Waals surface area contributed by atoms with Crippen molar-refractivity contribution in [3.63, 3.8) is 0 Å². The number of urea groups is 1. The Balaban J connectivity index is 1.28. The molecule has 240 valence electrons. The van der Waals surface area contributed by atoms with Gasteiger partial charge < -0.3 is 35.4 Å². The van der Waals surface area contributed by atoms with Crippen molar-refractivity contribution >= 4 is 52.3 Å². The van der Waals surface area contributed by atoms with Gasteiger partial charge in [-0.15, -0.1) is 11.3 Å². The predicted molar refractivity (Wildman–Crippen MR) is 162 cm³/mol. The molecule has 0 unspecified atom stereocenters. The molecule has 1 aromatic carbocycles. The van der Waals surface area contributed by atoms with Crippen molar-refractivity contribution < 1.29 is 32.3 Å². The number of amides is 4. The Morgan fingerprint density at radius 2 is 1.77 bits per heavy atom. The van der Waals surface area contributed by atoms with E-state index in [4.69, 9.17) is 22.1 Å². The van der Waals surface area contributed by atoms with Gasteiger partial charge in [0.1, 0.15) is 0 Å². The minimum atomic E-state index is -4.76. The number of nitrogens with two attached hydrogens (primary N) is 1. The van der Waals surface area contributed by atoms with Gasteiger partial charge in [0, 0.05) is 55.6 Å². The van der Waals surface area contributed by atoms with Crippen molar-refractivity contribution in [1.29, 1.82) is 0 Å². The molecule has 1 atom stereocenters. The lowest BCUT2D eigenvalue weighted by atomic mass is 10.00. The standard InChI is InChI=1S/C29H36ClF3N6O4S/c1-36(2)19-3-7-37(8-4-19)26(40)24(13-17-11-21(29(31,32)33)25(34)22(30)12-17)43-28(42)38-9-5-20(6-10-38)39-14-18-15-44-16-23(18)35-27(39)41/h11-12,15-16,19-20,24H,3-10,13-14,34H2,1-2H3,(H,35,41)/t24-/m1/s1. The third-order valence-corrected chi connectivity index (χ3v) is 9.79. The number of rotatable bonds is 6. The molecule has 15 heteroatoms. The number of carbonyl (C=O) groups is 3. The Bertz CT molecular complexity index is 1390. The van der Waals surface area contributed by atoms with Crippen LogP contribution in [0.1, 0.15) is 42.4 Å². The van der Waals surface area contributed by atoms with E-state index in [-0.39, 0.29) is 29.1 Å². The second kappa shape index (κ2) is 13.0. The van der Waals surface area contributed by atoms with Crippen LogP contribution in [0.15, 0.2) is 22.9 Å². The summed E-state index contributed by atoms with van der Waals surface area (Å²) < 4.78 is 46.7. The number of nitrogens with zero attached hydrogens (tertiary/aromatic N) is 4. The van der Waals surface area contributed by atoms with Gasteiger partial charge in [-0.05, 0) is 62.9 Å². The molecule has 3 aliphatic rings. The molecule has 4 heterocycles. The second-order valence-corrected chi connectivity index (χ2v) is 12.9. The molecule has 10 nitrogen and oxygen atoms in total. The molecule has 2 aromatic rings. The fourth-order valence-corrected chi connectivity index (χ4v) is 7.10. The average Bonchev–Trinajstić information content (AvgIpc) is 3.44. The van der Waals surface area contributed by atoms with Crippen molar-refractivity contribution in [3.05, 3.63) is 44.6 Å². The maximum absolute atomic E-state index is 13.7. The topological polar surface area (TPSA) is 111 Å². The van der Waals surface area contributed by atoms with Crippen LogP contribution in [-0.4, -0.2) is 96.1 Å². The fraction of sp³-hybridized carbons (Fsp3) is 0.552. The molecule has 4 amide bonds. The van der Waals surface area contributed by atoms with Gasteiger partial charge in [-0.2, -0.15) is 13.2 Å². The van der Waals surface area contributed by atoms with Crippen LogP contribution in [0.25, 0.3) is 0 Å². The highest BCUT2D eigenvalue weighted by Crippen LogP contribution is 2.38. The van der Waals surface area contributed by atoms with E-state index in [0.29, 0.717) is 51.6 Å². The van der Waals surface area contributed by atoms with Crippen LogP contribution < -0.4 is 11.1 Å². The van der Waals surface area contributed by atoms with Gasteiger partial charge in [0.15, 0.2) is 6.10 Å². The largest absolute Gasteiger partial charge is 0.436 e. The third-order valence-electron chi connectivity index (χ3n) is 8.69. The monoisotopic (exact) mass is 656 g/mol. The molecule has 0 spiro atoms. The van der Waals surface area contributed by atoms with E-state index >= 15 is 0 Å². The van der Waals surface area contributed by atoms with Crippen molar-refractivity contribution in [2.45, 2.75) is 63.0 Å². The lowest BCUT2D eigenvalue weighted by Gasteiger charge is -2.40. The highest BCUT2D eigenvalue weighted by atomic mass is 35.5. The maximum atomic E-state index is 13.7. The van der Waals surface area contributed by atoms with Crippen molar-refractivity contribution in [2.75, 3.05) is 51.3 Å². The molecule has 0 bridgehead atoms. The van der Waals surface area contributed by atoms with Gasteiger partial charge in [0.2, 0.25) is 0 Å². The number of piperidine rings is 2. The number of fused-ring (bicyclic) bond motifs is 1. The minimum absolute atomic E-state index is 0.0773. The van der Waals surface area contributed by atoms with E-state index in [1.165, 1.54) is 22.3 Å². The Kier molecular flexibility index (Phi) is 9.52. The van der Waals surface area contributed by atoms with Gasteiger partial charge in [-0.3, -0.25) is 4.79 Å². The Hall–Kier alpha value is -3.23. The zero-order chi connectivity index (χ0) is 31.8. The minimum Gasteiger partial charge on any atom is -0.436 e. The molecular weight excluding hydrogens is 621 g/mol. The van der Waals surface area contributed by atoms with Gasteiger partial charge >= 0.3 is 18.3 Å². The number of hydrogen-bond donors (Lipinski definition) is 2. The molecule has 5 rings (SSSR count). The predicted octanol–water partition coefficient (Wildman–Crippen LogP) is 5.11. The number of halogens is 4. The van der Waals surface area contributed by atoms with Crippen molar-refractivity contribution in [3.8, 4) is 0 Å². The van der Waals surface area contributed by atoms with E-state index in [1.807, 2.05) is 24.9 Å². The number of benzene rings is 1. The number of hydrogen-bond acceptors (Lipinski definition) is 7. The molecule has 44 heavy (non-hydrogen) atoms. The van der Waals surface area contributed by atoms with E-state index in [2.05, 4.69) is 10.2 Å². The SMILES string of the molecule is CN(C)C1CCN(C(=O)[C@@H](Cc2cc(Cl)c(N)c(C(F)(F)F)c2)OC(=O)N2CCC(N3Cc4cscc4NC3=O)CC2)CC1. The average molecular weight is 657 g/mol. The summed E-state index contributed by atoms with van der Waals surface area (Å²) in [5.41, 5.74) is 5.84. The van der Waals surface area contributed by atoms with E-state index in [0.717, 1.165) is 30.2 Å². The summed E-state index contributed by atoms with van der Waals surface area (Å²) in [6.45, 7) is 1.95. The molecule has 2 saturated heterocycles. The number of nitrogens with one attached hydrogen (secondary N) is 1. The van der Waals surface area contributed by atoms with E-state index in [9.17, 15) is 27.6 Å². The number of likely N-dealkylation sites (tertiary alicyclic amines) is 2. The molecule has 2 fully saturated rings. The lowest BCUT2D eigenvalue weighted by Crippen LogP contribution is -2.52. The van der Waals surface area contributed by atoms with Crippen LogP contribution in [0.4, 0.5) is 34.1 Å². The van der Waals surface area contributed by atoms with Crippen LogP contribution in [0, 0.1) is 0 Å². The fourth-order valence-electron chi connectivity index (χ4n) is 6.08. The van der Waals surface area contributed by atoms with Gasteiger partial charge in [-0.25, -0.2) is 9.59 Å². The molecule has 3 N–H and O–H groups in total. The highest BCUT2D eigenvalue weighted by molar-refractivity contribution is 7.08. The van der Waals surface area contributed by atoms with Crippen LogP contribution in [0.5, 0.6) is 0 Å². The quantitative estimate of drug-likeness (QED) is 0.418. The number of ether oxygens (including phenoxy) is 1. The first-order chi connectivity index (χ1) is 20.8. The summed E-state index contributed by atoms with van der Waals surface area (Å²) in [6, 6.07) is 2.15. The number of anilines is 2. The number of nitrogen functional groups attached to an aromatic ring is 1. The van der Waals surface area contributed by atoms with Crippen LogP contribution in [0.3, 0.4) is 0 Å². The number of alkyl halides is 3. The Labute approximate surface area is 262 Å². The molecule has 3 aliphatic heterocycles. The first kappa shape index (κ1) is 32.2. The zero-order valence-corrected chi connectivity index (χ0v) is 26.1. The van der Waals surface area contributed by atoms with E-state index < -0.39 is 35.5 Å². The molecule has 0 saturated carbocycles. The maximum Gasteiger partial charge on any atom is 0.418 e. The first-order valence-electron chi connectivity index (χ1n) is 14.5. The summed E-state index contributed by atoms with van der Waals surface area (Å²) >= 11 is 7.57. The van der Waals surface area contributed by atoms with Crippen LogP contribution >= 0.6 is 22.9 Å². The van der Waals surface area contributed by atoms with Crippen molar-refractivity contribution in [2.24, 2.45) is 0 Å². The summed E-state index contributed by atoms with van der Waals surface area (Å²) in [5.74, 6) is -0.469. The van der Waals surface area contributed by atoms with Crippen LogP contribution in [-0.2, 0) is 28.7 Å². The molecule has 0 aliphatic carbocycles. The smallest absolute Gasteiger partial charge is 0.418 e. The van der Waals surface area contributed by atoms with Crippen LogP contribution in [0.2, 0.25) is 5.02 Å². The normalized spacial score (nSPS) is 19.2. The highest BCUT2D eigenvalue weighted by Gasteiger charge is 2.38. The van der Waals surface area contributed by atoms with Crippen molar-refractivity contribution in [1.82, 2.24) is 19.6 Å². The first-order valence-corrected chi connectivity index (χ1v) is 15.8. The zero-order valence-electron chi connectivity index (χ0n) is 24.5. The molecule has 1 aromatic heterocycles. The van der Waals surface area contributed by atoms with E-state index in [1.54, 1.807) is 9.80 Å². The number of thiophene rings is 1. The Morgan fingerprint density at radius 3 is 2.41 bits per heavy atom. The molecular formula is C29H36ClF3N6O4S.